The average Bonchev–Trinajstić information content (AvgIpc) is 3.14. The summed E-state index contributed by atoms with van der Waals surface area (Å²) in [5.74, 6) is 1.68. The molecule has 3 heterocycles. The van der Waals surface area contributed by atoms with Gasteiger partial charge in [-0.2, -0.15) is 0 Å². The summed E-state index contributed by atoms with van der Waals surface area (Å²) in [4.78, 5) is 14.5. The molecule has 1 aliphatic rings. The summed E-state index contributed by atoms with van der Waals surface area (Å²) < 4.78 is 0. The van der Waals surface area contributed by atoms with Crippen LogP contribution in [0.3, 0.4) is 0 Å². The van der Waals surface area contributed by atoms with Gasteiger partial charge in [0, 0.05) is 25.3 Å². The molecule has 4 rings (SSSR count). The van der Waals surface area contributed by atoms with Gasteiger partial charge >= 0.3 is 0 Å². The third-order valence-corrected chi connectivity index (χ3v) is 4.25. The van der Waals surface area contributed by atoms with Crippen molar-refractivity contribution in [2.75, 3.05) is 23.3 Å². The molecule has 0 aliphatic carbocycles. The number of aromatic amines is 1. The summed E-state index contributed by atoms with van der Waals surface area (Å²) in [5, 5.41) is 4.17. The number of anilines is 2. The van der Waals surface area contributed by atoms with E-state index in [-0.39, 0.29) is 0 Å². The Balaban J connectivity index is 1.48. The molecule has 0 bridgehead atoms. The second-order valence-corrected chi connectivity index (χ2v) is 5.89. The molecule has 1 aromatic carbocycles. The van der Waals surface area contributed by atoms with E-state index in [0.717, 1.165) is 42.3 Å². The van der Waals surface area contributed by atoms with E-state index in [1.807, 2.05) is 36.4 Å². The SMILES string of the molecule is Clc1cccnc1N1CCC(Nc2nc3ccccc3[nH]2)C1. The quantitative estimate of drug-likeness (QED) is 0.779. The molecule has 5 nitrogen and oxygen atoms in total. The van der Waals surface area contributed by atoms with E-state index < -0.39 is 0 Å². The summed E-state index contributed by atoms with van der Waals surface area (Å²) >= 11 is 6.22. The van der Waals surface area contributed by atoms with Crippen molar-refractivity contribution in [1.29, 1.82) is 0 Å². The van der Waals surface area contributed by atoms with Crippen LogP contribution in [-0.4, -0.2) is 34.1 Å². The Kier molecular flexibility index (Phi) is 3.35. The van der Waals surface area contributed by atoms with Crippen LogP contribution < -0.4 is 10.2 Å². The number of H-pyrrole nitrogens is 1. The van der Waals surface area contributed by atoms with Crippen molar-refractivity contribution in [2.24, 2.45) is 0 Å². The molecular weight excluding hydrogens is 298 g/mol. The number of fused-ring (bicyclic) bond motifs is 1. The first-order valence-electron chi connectivity index (χ1n) is 7.36. The van der Waals surface area contributed by atoms with Crippen molar-refractivity contribution in [3.63, 3.8) is 0 Å². The lowest BCUT2D eigenvalue weighted by atomic mass is 10.3. The van der Waals surface area contributed by atoms with E-state index in [9.17, 15) is 0 Å². The summed E-state index contributed by atoms with van der Waals surface area (Å²) in [7, 11) is 0. The fraction of sp³-hybridized carbons (Fsp3) is 0.250. The fourth-order valence-electron chi connectivity index (χ4n) is 2.90. The van der Waals surface area contributed by atoms with Crippen LogP contribution in [0.4, 0.5) is 11.8 Å². The van der Waals surface area contributed by atoms with Crippen molar-refractivity contribution in [3.8, 4) is 0 Å². The first-order valence-corrected chi connectivity index (χ1v) is 7.74. The molecule has 22 heavy (non-hydrogen) atoms. The van der Waals surface area contributed by atoms with Crippen LogP contribution in [0.5, 0.6) is 0 Å². The molecule has 2 N–H and O–H groups in total. The molecule has 0 amide bonds. The van der Waals surface area contributed by atoms with E-state index >= 15 is 0 Å². The molecule has 2 aromatic heterocycles. The van der Waals surface area contributed by atoms with Crippen LogP contribution in [0, 0.1) is 0 Å². The van der Waals surface area contributed by atoms with Crippen LogP contribution in [0.2, 0.25) is 5.02 Å². The van der Waals surface area contributed by atoms with Gasteiger partial charge in [-0.1, -0.05) is 23.7 Å². The van der Waals surface area contributed by atoms with Crippen LogP contribution >= 0.6 is 11.6 Å². The molecular formula is C16H16ClN5. The topological polar surface area (TPSA) is 56.8 Å². The number of imidazole rings is 1. The third-order valence-electron chi connectivity index (χ3n) is 3.96. The zero-order valence-corrected chi connectivity index (χ0v) is 12.7. The Morgan fingerprint density at radius 3 is 3.00 bits per heavy atom. The Labute approximate surface area is 133 Å². The lowest BCUT2D eigenvalue weighted by Gasteiger charge is -2.18. The number of pyridine rings is 1. The molecule has 3 aromatic rings. The van der Waals surface area contributed by atoms with Gasteiger partial charge in [0.25, 0.3) is 0 Å². The minimum absolute atomic E-state index is 0.332. The van der Waals surface area contributed by atoms with Crippen LogP contribution in [0.15, 0.2) is 42.6 Å². The van der Waals surface area contributed by atoms with Gasteiger partial charge in [-0.3, -0.25) is 0 Å². The highest BCUT2D eigenvalue weighted by Gasteiger charge is 2.25. The number of halogens is 1. The number of hydrogen-bond donors (Lipinski definition) is 2. The number of rotatable bonds is 3. The van der Waals surface area contributed by atoms with Gasteiger partial charge in [-0.05, 0) is 30.7 Å². The minimum atomic E-state index is 0.332. The highest BCUT2D eigenvalue weighted by atomic mass is 35.5. The number of aromatic nitrogens is 3. The van der Waals surface area contributed by atoms with Crippen molar-refractivity contribution < 1.29 is 0 Å². The van der Waals surface area contributed by atoms with Gasteiger partial charge in [-0.15, -0.1) is 0 Å². The van der Waals surface area contributed by atoms with Crippen molar-refractivity contribution >= 4 is 34.4 Å². The molecule has 112 valence electrons. The number of para-hydroxylation sites is 2. The largest absolute Gasteiger partial charge is 0.353 e. The standard InChI is InChI=1S/C16H16ClN5/c17-12-4-3-8-18-15(12)22-9-7-11(10-22)19-16-20-13-5-1-2-6-14(13)21-16/h1-6,8,11H,7,9-10H2,(H2,19,20,21). The maximum Gasteiger partial charge on any atom is 0.201 e. The average molecular weight is 314 g/mol. The van der Waals surface area contributed by atoms with Gasteiger partial charge < -0.3 is 15.2 Å². The van der Waals surface area contributed by atoms with Crippen molar-refractivity contribution in [2.45, 2.75) is 12.5 Å². The van der Waals surface area contributed by atoms with Crippen LogP contribution in [0.1, 0.15) is 6.42 Å². The second-order valence-electron chi connectivity index (χ2n) is 5.49. The predicted molar refractivity (Wildman–Crippen MR) is 89.6 cm³/mol. The molecule has 0 radical (unpaired) electrons. The van der Waals surface area contributed by atoms with Gasteiger partial charge in [0.1, 0.15) is 5.82 Å². The molecule has 1 unspecified atom stereocenters. The Morgan fingerprint density at radius 1 is 1.23 bits per heavy atom. The van der Waals surface area contributed by atoms with Gasteiger partial charge in [0.2, 0.25) is 5.95 Å². The number of hydrogen-bond acceptors (Lipinski definition) is 4. The number of nitrogens with zero attached hydrogens (tertiary/aromatic N) is 3. The lowest BCUT2D eigenvalue weighted by Crippen LogP contribution is -2.27. The summed E-state index contributed by atoms with van der Waals surface area (Å²) in [6.07, 6.45) is 2.81. The first-order chi connectivity index (χ1) is 10.8. The van der Waals surface area contributed by atoms with Gasteiger partial charge in [0.15, 0.2) is 0 Å². The van der Waals surface area contributed by atoms with Gasteiger partial charge in [0.05, 0.1) is 16.1 Å². The molecule has 0 saturated carbocycles. The molecule has 1 fully saturated rings. The molecule has 6 heteroatoms. The zero-order chi connectivity index (χ0) is 14.9. The molecule has 1 aliphatic heterocycles. The van der Waals surface area contributed by atoms with Crippen molar-refractivity contribution in [3.05, 3.63) is 47.6 Å². The van der Waals surface area contributed by atoms with E-state index in [2.05, 4.69) is 25.2 Å². The predicted octanol–water partition coefficient (Wildman–Crippen LogP) is 3.30. The number of benzene rings is 1. The van der Waals surface area contributed by atoms with E-state index in [0.29, 0.717) is 11.1 Å². The van der Waals surface area contributed by atoms with E-state index in [1.54, 1.807) is 6.20 Å². The molecule has 1 atom stereocenters. The van der Waals surface area contributed by atoms with E-state index in [1.165, 1.54) is 0 Å². The summed E-state index contributed by atoms with van der Waals surface area (Å²) in [6.45, 7) is 1.81. The highest BCUT2D eigenvalue weighted by Crippen LogP contribution is 2.26. The maximum atomic E-state index is 6.22. The first kappa shape index (κ1) is 13.4. The maximum absolute atomic E-state index is 6.22. The number of nitrogens with one attached hydrogen (secondary N) is 2. The van der Waals surface area contributed by atoms with Crippen LogP contribution in [-0.2, 0) is 0 Å². The van der Waals surface area contributed by atoms with Crippen LogP contribution in [0.25, 0.3) is 11.0 Å². The highest BCUT2D eigenvalue weighted by molar-refractivity contribution is 6.32. The fourth-order valence-corrected chi connectivity index (χ4v) is 3.14. The molecule has 0 spiro atoms. The van der Waals surface area contributed by atoms with Gasteiger partial charge in [-0.25, -0.2) is 9.97 Å². The lowest BCUT2D eigenvalue weighted by molar-refractivity contribution is 0.796. The monoisotopic (exact) mass is 313 g/mol. The summed E-state index contributed by atoms with van der Waals surface area (Å²) in [6, 6.07) is 12.1. The van der Waals surface area contributed by atoms with Crippen molar-refractivity contribution in [1.82, 2.24) is 15.0 Å². The Bertz CT molecular complexity index is 767. The third kappa shape index (κ3) is 2.48. The zero-order valence-electron chi connectivity index (χ0n) is 12.0. The Morgan fingerprint density at radius 2 is 2.14 bits per heavy atom. The summed E-state index contributed by atoms with van der Waals surface area (Å²) in [5.41, 5.74) is 2.03. The smallest absolute Gasteiger partial charge is 0.201 e. The Hall–Kier alpha value is -2.27. The molecule has 1 saturated heterocycles. The second kappa shape index (κ2) is 5.50. The minimum Gasteiger partial charge on any atom is -0.353 e. The van der Waals surface area contributed by atoms with E-state index in [4.69, 9.17) is 11.6 Å². The normalized spacial score (nSPS) is 18.0.